The van der Waals surface area contributed by atoms with Crippen LogP contribution in [0.5, 0.6) is 5.75 Å². The summed E-state index contributed by atoms with van der Waals surface area (Å²) in [6.45, 7) is 2.65. The molecule has 2 fully saturated rings. The number of nitrogens with zero attached hydrogens (tertiary/aromatic N) is 1. The molecular formula is C22H25NO4. The minimum absolute atomic E-state index is 0.0114. The van der Waals surface area contributed by atoms with Crippen molar-refractivity contribution in [1.29, 1.82) is 0 Å². The first-order chi connectivity index (χ1) is 13.2. The Kier molecular flexibility index (Phi) is 5.41. The highest BCUT2D eigenvalue weighted by molar-refractivity contribution is 5.78. The molecule has 142 valence electrons. The van der Waals surface area contributed by atoms with Gasteiger partial charge in [0, 0.05) is 32.4 Å². The summed E-state index contributed by atoms with van der Waals surface area (Å²) in [7, 11) is 0. The molecular weight excluding hydrogens is 342 g/mol. The molecule has 0 radical (unpaired) electrons. The molecule has 2 aromatic rings. The summed E-state index contributed by atoms with van der Waals surface area (Å²) in [5.41, 5.74) is 2.31. The van der Waals surface area contributed by atoms with Crippen LogP contribution >= 0.6 is 0 Å². The smallest absolute Gasteiger partial charge is 0.260 e. The van der Waals surface area contributed by atoms with Gasteiger partial charge in [-0.3, -0.25) is 4.79 Å². The van der Waals surface area contributed by atoms with Crippen molar-refractivity contribution in [3.8, 4) is 5.75 Å². The van der Waals surface area contributed by atoms with Crippen LogP contribution in [0, 0.1) is 0 Å². The number of carbonyl (C=O) groups is 1. The van der Waals surface area contributed by atoms with E-state index in [4.69, 9.17) is 14.2 Å². The Morgan fingerprint density at radius 3 is 2.37 bits per heavy atom. The summed E-state index contributed by atoms with van der Waals surface area (Å²) in [4.78, 5) is 14.4. The van der Waals surface area contributed by atoms with Gasteiger partial charge in [-0.15, -0.1) is 0 Å². The van der Waals surface area contributed by atoms with Crippen molar-refractivity contribution in [3.63, 3.8) is 0 Å². The molecule has 1 amide bonds. The quantitative estimate of drug-likeness (QED) is 0.815. The lowest BCUT2D eigenvalue weighted by Gasteiger charge is -2.37. The summed E-state index contributed by atoms with van der Waals surface area (Å²) in [5.74, 6) is 0.322. The molecule has 0 unspecified atom stereocenters. The average molecular weight is 367 g/mol. The lowest BCUT2D eigenvalue weighted by molar-refractivity contribution is -0.187. The minimum Gasteiger partial charge on any atom is -0.483 e. The maximum absolute atomic E-state index is 12.6. The van der Waals surface area contributed by atoms with Crippen molar-refractivity contribution in [2.45, 2.75) is 25.0 Å². The maximum atomic E-state index is 12.6. The molecule has 0 aliphatic carbocycles. The zero-order valence-electron chi connectivity index (χ0n) is 15.4. The standard InChI is InChI=1S/C22H25NO4/c24-21(23-12-10-22(11-13-23)26-14-15-27-22)17-25-20-9-5-4-8-19(20)16-18-6-2-1-3-7-18/h1-9H,10-17H2. The number of hydrogen-bond donors (Lipinski definition) is 0. The number of para-hydroxylation sites is 1. The second-order valence-electron chi connectivity index (χ2n) is 7.05. The number of piperidine rings is 1. The van der Waals surface area contributed by atoms with E-state index in [1.54, 1.807) is 0 Å². The van der Waals surface area contributed by atoms with Crippen LogP contribution in [-0.2, 0) is 20.7 Å². The number of amides is 1. The first kappa shape index (κ1) is 18.0. The van der Waals surface area contributed by atoms with Gasteiger partial charge < -0.3 is 19.1 Å². The van der Waals surface area contributed by atoms with Crippen LogP contribution in [0.25, 0.3) is 0 Å². The van der Waals surface area contributed by atoms with E-state index in [1.165, 1.54) is 5.56 Å². The molecule has 2 heterocycles. The van der Waals surface area contributed by atoms with E-state index in [9.17, 15) is 4.79 Å². The lowest BCUT2D eigenvalue weighted by atomic mass is 10.0. The number of benzene rings is 2. The molecule has 2 aromatic carbocycles. The predicted molar refractivity (Wildman–Crippen MR) is 102 cm³/mol. The van der Waals surface area contributed by atoms with E-state index in [0.29, 0.717) is 26.3 Å². The van der Waals surface area contributed by atoms with Gasteiger partial charge in [0.25, 0.3) is 5.91 Å². The third-order valence-electron chi connectivity index (χ3n) is 5.25. The molecule has 5 nitrogen and oxygen atoms in total. The third-order valence-corrected chi connectivity index (χ3v) is 5.25. The first-order valence-corrected chi connectivity index (χ1v) is 9.54. The molecule has 2 aliphatic rings. The highest BCUT2D eigenvalue weighted by atomic mass is 16.7. The largest absolute Gasteiger partial charge is 0.483 e. The Labute approximate surface area is 159 Å². The summed E-state index contributed by atoms with van der Waals surface area (Å²) >= 11 is 0. The summed E-state index contributed by atoms with van der Waals surface area (Å²) in [6, 6.07) is 18.2. The molecule has 4 rings (SSSR count). The van der Waals surface area contributed by atoms with Crippen molar-refractivity contribution in [2.75, 3.05) is 32.9 Å². The molecule has 0 bridgehead atoms. The normalized spacial score (nSPS) is 18.6. The SMILES string of the molecule is O=C(COc1ccccc1Cc1ccccc1)N1CCC2(CC1)OCCO2. The molecule has 2 saturated heterocycles. The number of rotatable bonds is 5. The van der Waals surface area contributed by atoms with E-state index in [0.717, 1.165) is 30.6 Å². The molecule has 0 N–H and O–H groups in total. The van der Waals surface area contributed by atoms with E-state index in [2.05, 4.69) is 12.1 Å². The molecule has 1 spiro atoms. The van der Waals surface area contributed by atoms with E-state index >= 15 is 0 Å². The Morgan fingerprint density at radius 1 is 0.963 bits per heavy atom. The van der Waals surface area contributed by atoms with Crippen molar-refractivity contribution in [1.82, 2.24) is 4.90 Å². The Balaban J connectivity index is 1.33. The van der Waals surface area contributed by atoms with Crippen LogP contribution in [0.3, 0.4) is 0 Å². The fourth-order valence-electron chi connectivity index (χ4n) is 3.72. The minimum atomic E-state index is -0.458. The van der Waals surface area contributed by atoms with Crippen molar-refractivity contribution in [3.05, 3.63) is 65.7 Å². The molecule has 27 heavy (non-hydrogen) atoms. The van der Waals surface area contributed by atoms with Crippen molar-refractivity contribution >= 4 is 5.91 Å². The van der Waals surface area contributed by atoms with Gasteiger partial charge in [-0.1, -0.05) is 48.5 Å². The van der Waals surface area contributed by atoms with Gasteiger partial charge in [0.15, 0.2) is 12.4 Å². The Bertz CT molecular complexity index is 761. The zero-order valence-corrected chi connectivity index (χ0v) is 15.4. The van der Waals surface area contributed by atoms with Crippen molar-refractivity contribution in [2.24, 2.45) is 0 Å². The average Bonchev–Trinajstić information content (AvgIpc) is 3.16. The Morgan fingerprint density at radius 2 is 1.63 bits per heavy atom. The van der Waals surface area contributed by atoms with Gasteiger partial charge >= 0.3 is 0 Å². The van der Waals surface area contributed by atoms with E-state index in [1.807, 2.05) is 47.4 Å². The number of ether oxygens (including phenoxy) is 3. The van der Waals surface area contributed by atoms with E-state index < -0.39 is 5.79 Å². The lowest BCUT2D eigenvalue weighted by Crippen LogP contribution is -2.48. The molecule has 0 atom stereocenters. The van der Waals surface area contributed by atoms with Gasteiger partial charge in [0.05, 0.1) is 13.2 Å². The van der Waals surface area contributed by atoms with Gasteiger partial charge in [0.2, 0.25) is 0 Å². The summed E-state index contributed by atoms with van der Waals surface area (Å²) in [5, 5.41) is 0. The zero-order chi connectivity index (χ0) is 18.5. The number of likely N-dealkylation sites (tertiary alicyclic amines) is 1. The number of hydrogen-bond acceptors (Lipinski definition) is 4. The van der Waals surface area contributed by atoms with Crippen LogP contribution in [0.1, 0.15) is 24.0 Å². The van der Waals surface area contributed by atoms with Crippen LogP contribution in [0.15, 0.2) is 54.6 Å². The highest BCUT2D eigenvalue weighted by Crippen LogP contribution is 2.31. The highest BCUT2D eigenvalue weighted by Gasteiger charge is 2.40. The summed E-state index contributed by atoms with van der Waals surface area (Å²) in [6.07, 6.45) is 2.23. The van der Waals surface area contributed by atoms with Gasteiger partial charge in [-0.2, -0.15) is 0 Å². The van der Waals surface area contributed by atoms with Crippen molar-refractivity contribution < 1.29 is 19.0 Å². The fraction of sp³-hybridized carbons (Fsp3) is 0.409. The van der Waals surface area contributed by atoms with Gasteiger partial charge in [0.1, 0.15) is 5.75 Å². The van der Waals surface area contributed by atoms with Crippen LogP contribution in [0.2, 0.25) is 0 Å². The van der Waals surface area contributed by atoms with Crippen LogP contribution < -0.4 is 4.74 Å². The molecule has 0 aromatic heterocycles. The van der Waals surface area contributed by atoms with Crippen LogP contribution in [0.4, 0.5) is 0 Å². The number of carbonyl (C=O) groups excluding carboxylic acids is 1. The second-order valence-corrected chi connectivity index (χ2v) is 7.05. The predicted octanol–water partition coefficient (Wildman–Crippen LogP) is 3.02. The monoisotopic (exact) mass is 367 g/mol. The maximum Gasteiger partial charge on any atom is 0.260 e. The molecule has 0 saturated carbocycles. The molecule has 5 heteroatoms. The van der Waals surface area contributed by atoms with Gasteiger partial charge in [-0.25, -0.2) is 0 Å². The first-order valence-electron chi connectivity index (χ1n) is 9.54. The molecule has 2 aliphatic heterocycles. The topological polar surface area (TPSA) is 48.0 Å². The Hall–Kier alpha value is -2.37. The van der Waals surface area contributed by atoms with E-state index in [-0.39, 0.29) is 12.5 Å². The van der Waals surface area contributed by atoms with Crippen LogP contribution in [-0.4, -0.2) is 49.5 Å². The third kappa shape index (κ3) is 4.31. The summed E-state index contributed by atoms with van der Waals surface area (Å²) < 4.78 is 17.3. The fourth-order valence-corrected chi connectivity index (χ4v) is 3.72. The second kappa shape index (κ2) is 8.11. The van der Waals surface area contributed by atoms with Gasteiger partial charge in [-0.05, 0) is 17.2 Å².